The molecule has 0 bridgehead atoms. The zero-order valence-electron chi connectivity index (χ0n) is 7.27. The smallest absolute Gasteiger partial charge is 0.302 e. The maximum Gasteiger partial charge on any atom is 0.302 e. The van der Waals surface area contributed by atoms with Crippen LogP contribution in [-0.4, -0.2) is 54.8 Å². The fraction of sp³-hybridized carbons (Fsp3) is 0.625. The average molecular weight is 181 g/mol. The topological polar surface area (TPSA) is 45.0 Å². The molecule has 0 aromatic carbocycles. The van der Waals surface area contributed by atoms with Crippen LogP contribution in [0.25, 0.3) is 4.85 Å². The summed E-state index contributed by atoms with van der Waals surface area (Å²) in [5.74, 6) is -0.138. The Bertz CT molecular complexity index is 238. The van der Waals surface area contributed by atoms with Gasteiger partial charge in [-0.2, -0.15) is 0 Å². The molecule has 0 aromatic rings. The van der Waals surface area contributed by atoms with Gasteiger partial charge < -0.3 is 14.6 Å². The molecule has 1 saturated heterocycles. The van der Waals surface area contributed by atoms with Gasteiger partial charge in [-0.15, -0.1) is 0 Å². The molecule has 0 radical (unpaired) electrons. The van der Waals surface area contributed by atoms with Gasteiger partial charge in [-0.3, -0.25) is 9.59 Å². The van der Waals surface area contributed by atoms with Crippen LogP contribution in [-0.2, 0) is 9.59 Å². The van der Waals surface area contributed by atoms with Gasteiger partial charge in [0.15, 0.2) is 0 Å². The Morgan fingerprint density at radius 2 is 2.00 bits per heavy atom. The molecular formula is C8H11N3O2. The molecule has 0 atom stereocenters. The Morgan fingerprint density at radius 1 is 1.38 bits per heavy atom. The molecule has 1 aliphatic heterocycles. The average Bonchev–Trinajstić information content (AvgIpc) is 2.18. The third kappa shape index (κ3) is 2.44. The van der Waals surface area contributed by atoms with Gasteiger partial charge in [0, 0.05) is 26.2 Å². The van der Waals surface area contributed by atoms with Gasteiger partial charge in [0.05, 0.1) is 0 Å². The van der Waals surface area contributed by atoms with Crippen LogP contribution < -0.4 is 0 Å². The van der Waals surface area contributed by atoms with Crippen molar-refractivity contribution in [2.75, 3.05) is 32.7 Å². The number of nitrogens with zero attached hydrogens (tertiary/aromatic N) is 3. The van der Waals surface area contributed by atoms with Gasteiger partial charge in [-0.05, 0) is 0 Å². The van der Waals surface area contributed by atoms with Crippen LogP contribution in [0, 0.1) is 6.57 Å². The lowest BCUT2D eigenvalue weighted by Gasteiger charge is -2.31. The summed E-state index contributed by atoms with van der Waals surface area (Å²) in [5.41, 5.74) is 0. The molecule has 0 aromatic heterocycles. The van der Waals surface area contributed by atoms with Crippen molar-refractivity contribution < 1.29 is 9.59 Å². The van der Waals surface area contributed by atoms with Gasteiger partial charge >= 0.3 is 5.91 Å². The first-order valence-corrected chi connectivity index (χ1v) is 4.08. The lowest BCUT2D eigenvalue weighted by atomic mass is 10.3. The number of hydrogen-bond donors (Lipinski definition) is 0. The lowest BCUT2D eigenvalue weighted by molar-refractivity contribution is -0.133. The van der Waals surface area contributed by atoms with Crippen molar-refractivity contribution in [3.63, 3.8) is 0 Å². The highest BCUT2D eigenvalue weighted by Gasteiger charge is 2.21. The minimum atomic E-state index is -0.138. The van der Waals surface area contributed by atoms with E-state index in [4.69, 9.17) is 6.57 Å². The molecule has 0 spiro atoms. The predicted molar refractivity (Wildman–Crippen MR) is 45.7 cm³/mol. The van der Waals surface area contributed by atoms with E-state index in [1.807, 2.05) is 0 Å². The molecule has 70 valence electrons. The van der Waals surface area contributed by atoms with Crippen molar-refractivity contribution in [1.82, 2.24) is 9.80 Å². The molecule has 0 saturated carbocycles. The quantitative estimate of drug-likeness (QED) is 0.414. The standard InChI is InChI=1S/C8H11N3O2/c1-9-6-8(13)11-4-2-10(7-12)3-5-11/h7H,2-6H2. The Balaban J connectivity index is 2.37. The molecule has 1 aliphatic rings. The van der Waals surface area contributed by atoms with Crippen LogP contribution in [0.5, 0.6) is 0 Å². The molecule has 1 rings (SSSR count). The maximum atomic E-state index is 11.2. The molecule has 5 nitrogen and oxygen atoms in total. The van der Waals surface area contributed by atoms with Gasteiger partial charge in [0.25, 0.3) is 6.54 Å². The van der Waals surface area contributed by atoms with Crippen molar-refractivity contribution in [1.29, 1.82) is 0 Å². The van der Waals surface area contributed by atoms with Gasteiger partial charge in [-0.25, -0.2) is 6.57 Å². The van der Waals surface area contributed by atoms with E-state index < -0.39 is 0 Å². The molecule has 1 heterocycles. The van der Waals surface area contributed by atoms with E-state index in [1.54, 1.807) is 9.80 Å². The Labute approximate surface area is 76.7 Å². The third-order valence-corrected chi connectivity index (χ3v) is 2.03. The number of carbonyl (C=O) groups excluding carboxylic acids is 2. The number of carbonyl (C=O) groups is 2. The van der Waals surface area contributed by atoms with E-state index in [9.17, 15) is 9.59 Å². The number of rotatable bonds is 2. The fourth-order valence-corrected chi connectivity index (χ4v) is 1.24. The number of hydrogen-bond acceptors (Lipinski definition) is 2. The highest BCUT2D eigenvalue weighted by molar-refractivity contribution is 5.79. The van der Waals surface area contributed by atoms with E-state index in [1.165, 1.54) is 0 Å². The molecule has 2 amide bonds. The summed E-state index contributed by atoms with van der Waals surface area (Å²) in [6, 6.07) is 0. The van der Waals surface area contributed by atoms with Crippen molar-refractivity contribution >= 4 is 12.3 Å². The van der Waals surface area contributed by atoms with Crippen molar-refractivity contribution in [3.8, 4) is 0 Å². The minimum absolute atomic E-state index is 0.0823. The van der Waals surface area contributed by atoms with Crippen molar-refractivity contribution in [3.05, 3.63) is 11.4 Å². The summed E-state index contributed by atoms with van der Waals surface area (Å²) in [7, 11) is 0. The summed E-state index contributed by atoms with van der Waals surface area (Å²) >= 11 is 0. The zero-order valence-corrected chi connectivity index (χ0v) is 7.27. The molecule has 5 heteroatoms. The lowest BCUT2D eigenvalue weighted by Crippen LogP contribution is -2.48. The number of piperazine rings is 1. The summed E-state index contributed by atoms with van der Waals surface area (Å²) in [4.78, 5) is 27.8. The Morgan fingerprint density at radius 3 is 2.46 bits per heavy atom. The first-order chi connectivity index (χ1) is 6.27. The minimum Gasteiger partial charge on any atom is -0.342 e. The van der Waals surface area contributed by atoms with E-state index in [0.717, 1.165) is 6.41 Å². The van der Waals surface area contributed by atoms with Gasteiger partial charge in [0.2, 0.25) is 6.41 Å². The van der Waals surface area contributed by atoms with Crippen LogP contribution >= 0.6 is 0 Å². The first kappa shape index (κ1) is 9.52. The largest absolute Gasteiger partial charge is 0.342 e. The summed E-state index contributed by atoms with van der Waals surface area (Å²) in [6.07, 6.45) is 0.788. The van der Waals surface area contributed by atoms with E-state index in [-0.39, 0.29) is 12.5 Å². The van der Waals surface area contributed by atoms with Gasteiger partial charge in [0.1, 0.15) is 0 Å². The van der Waals surface area contributed by atoms with E-state index >= 15 is 0 Å². The molecule has 1 fully saturated rings. The number of amides is 2. The summed E-state index contributed by atoms with van der Waals surface area (Å²) < 4.78 is 0. The Hall–Kier alpha value is -1.57. The van der Waals surface area contributed by atoms with Crippen LogP contribution in [0.3, 0.4) is 0 Å². The Kier molecular flexibility index (Phi) is 3.26. The molecule has 0 unspecified atom stereocenters. The fourth-order valence-electron chi connectivity index (χ4n) is 1.24. The monoisotopic (exact) mass is 181 g/mol. The zero-order chi connectivity index (χ0) is 9.68. The van der Waals surface area contributed by atoms with Crippen LogP contribution in [0.2, 0.25) is 0 Å². The normalized spacial score (nSPS) is 16.5. The third-order valence-electron chi connectivity index (χ3n) is 2.03. The second kappa shape index (κ2) is 4.45. The highest BCUT2D eigenvalue weighted by Crippen LogP contribution is 1.99. The molecular weight excluding hydrogens is 170 g/mol. The predicted octanol–water partition coefficient (Wildman–Crippen LogP) is -0.794. The SMILES string of the molecule is [C-]#[N+]CC(=O)N1CCN(C=O)CC1. The highest BCUT2D eigenvalue weighted by atomic mass is 16.2. The second-order valence-electron chi connectivity index (χ2n) is 2.84. The van der Waals surface area contributed by atoms with Crippen LogP contribution in [0.4, 0.5) is 0 Å². The van der Waals surface area contributed by atoms with Crippen LogP contribution in [0.1, 0.15) is 0 Å². The van der Waals surface area contributed by atoms with E-state index in [0.29, 0.717) is 26.2 Å². The van der Waals surface area contributed by atoms with Crippen molar-refractivity contribution in [2.24, 2.45) is 0 Å². The molecule has 13 heavy (non-hydrogen) atoms. The molecule has 0 aliphatic carbocycles. The van der Waals surface area contributed by atoms with Crippen LogP contribution in [0.15, 0.2) is 0 Å². The van der Waals surface area contributed by atoms with Crippen molar-refractivity contribution in [2.45, 2.75) is 0 Å². The van der Waals surface area contributed by atoms with E-state index in [2.05, 4.69) is 4.85 Å². The maximum absolute atomic E-state index is 11.2. The van der Waals surface area contributed by atoms with Gasteiger partial charge in [-0.1, -0.05) is 0 Å². The summed E-state index contributed by atoms with van der Waals surface area (Å²) in [6.45, 7) is 8.71. The second-order valence-corrected chi connectivity index (χ2v) is 2.84. The molecule has 0 N–H and O–H groups in total. The summed E-state index contributed by atoms with van der Waals surface area (Å²) in [5, 5.41) is 0. The first-order valence-electron chi connectivity index (χ1n) is 4.08.